The van der Waals surface area contributed by atoms with Gasteiger partial charge in [-0.15, -0.1) is 0 Å². The Morgan fingerprint density at radius 3 is 2.29 bits per heavy atom. The van der Waals surface area contributed by atoms with E-state index < -0.39 is 35.8 Å². The molecule has 0 saturated heterocycles. The smallest absolute Gasteiger partial charge is 0.330 e. The van der Waals surface area contributed by atoms with Crippen molar-refractivity contribution in [1.29, 1.82) is 0 Å². The van der Waals surface area contributed by atoms with Crippen molar-refractivity contribution in [2.24, 2.45) is 5.73 Å². The van der Waals surface area contributed by atoms with Crippen LogP contribution in [0.1, 0.15) is 35.8 Å². The van der Waals surface area contributed by atoms with Gasteiger partial charge in [-0.3, -0.25) is 14.4 Å². The average Bonchev–Trinajstić information content (AvgIpc) is 3.41. The zero-order chi connectivity index (χ0) is 27.3. The van der Waals surface area contributed by atoms with Gasteiger partial charge in [0.15, 0.2) is 0 Å². The third kappa shape index (κ3) is 8.77. The molecule has 2 atom stereocenters. The molecule has 0 spiro atoms. The quantitative estimate of drug-likeness (QED) is 0.204. The second-order valence-electron chi connectivity index (χ2n) is 8.60. The number of carbonyl (C=O) groups is 4. The first-order chi connectivity index (χ1) is 18.4. The minimum absolute atomic E-state index is 0.00143. The predicted molar refractivity (Wildman–Crippen MR) is 144 cm³/mol. The summed E-state index contributed by atoms with van der Waals surface area (Å²) in [6.45, 7) is 1.89. The van der Waals surface area contributed by atoms with Gasteiger partial charge < -0.3 is 26.1 Å². The van der Waals surface area contributed by atoms with Gasteiger partial charge in [0.2, 0.25) is 11.8 Å². The highest BCUT2D eigenvalue weighted by atomic mass is 16.5. The molecule has 0 aliphatic heterocycles. The van der Waals surface area contributed by atoms with E-state index in [0.29, 0.717) is 5.69 Å². The molecular weight excluding hydrogens is 484 g/mol. The maximum Gasteiger partial charge on any atom is 0.330 e. The standard InChI is InChI=1S/C29H32N4O5/c1-2-38-27(35)18-14-22(13-17-26(30)34)31-29(37)25(19-20-9-5-3-6-10-20)33-28(36)24-16-15-23(32-24)21-11-7-4-8-12-21/h3-12,14-16,18,22,25,32H,2,13,17,19H2,1H3,(H2,30,34)(H,31,37)(H,33,36)/b18-14+. The average molecular weight is 517 g/mol. The Balaban J connectivity index is 1.78. The lowest BCUT2D eigenvalue weighted by Crippen LogP contribution is -2.50. The number of benzene rings is 2. The van der Waals surface area contributed by atoms with Crippen molar-refractivity contribution >= 4 is 23.7 Å². The molecule has 1 aromatic heterocycles. The fourth-order valence-corrected chi connectivity index (χ4v) is 3.79. The van der Waals surface area contributed by atoms with Gasteiger partial charge in [-0.05, 0) is 36.6 Å². The molecule has 2 aromatic carbocycles. The number of esters is 1. The third-order valence-electron chi connectivity index (χ3n) is 5.70. The number of ether oxygens (including phenoxy) is 1. The van der Waals surface area contributed by atoms with E-state index in [1.54, 1.807) is 19.1 Å². The zero-order valence-corrected chi connectivity index (χ0v) is 21.2. The van der Waals surface area contributed by atoms with Crippen LogP contribution in [0.2, 0.25) is 0 Å². The fourth-order valence-electron chi connectivity index (χ4n) is 3.79. The number of aromatic amines is 1. The number of carbonyl (C=O) groups excluding carboxylic acids is 4. The summed E-state index contributed by atoms with van der Waals surface area (Å²) in [6, 6.07) is 20.7. The summed E-state index contributed by atoms with van der Waals surface area (Å²) in [4.78, 5) is 52.7. The van der Waals surface area contributed by atoms with Gasteiger partial charge in [-0.1, -0.05) is 66.7 Å². The molecule has 38 heavy (non-hydrogen) atoms. The largest absolute Gasteiger partial charge is 0.463 e. The van der Waals surface area contributed by atoms with Gasteiger partial charge in [0.1, 0.15) is 11.7 Å². The topological polar surface area (TPSA) is 143 Å². The van der Waals surface area contributed by atoms with Crippen LogP contribution < -0.4 is 16.4 Å². The van der Waals surface area contributed by atoms with Crippen molar-refractivity contribution in [3.8, 4) is 11.3 Å². The molecule has 9 heteroatoms. The lowest BCUT2D eigenvalue weighted by molar-refractivity contribution is -0.137. The predicted octanol–water partition coefficient (Wildman–Crippen LogP) is 2.89. The molecule has 3 aromatic rings. The summed E-state index contributed by atoms with van der Waals surface area (Å²) in [5.41, 5.74) is 8.14. The first-order valence-corrected chi connectivity index (χ1v) is 12.4. The number of amides is 3. The molecule has 0 fully saturated rings. The molecule has 5 N–H and O–H groups in total. The highest BCUT2D eigenvalue weighted by Crippen LogP contribution is 2.18. The monoisotopic (exact) mass is 516 g/mol. The van der Waals surface area contributed by atoms with Crippen molar-refractivity contribution < 1.29 is 23.9 Å². The van der Waals surface area contributed by atoms with Gasteiger partial charge in [-0.2, -0.15) is 0 Å². The highest BCUT2D eigenvalue weighted by molar-refractivity contribution is 5.97. The maximum absolute atomic E-state index is 13.4. The van der Waals surface area contributed by atoms with Crippen LogP contribution in [0.25, 0.3) is 11.3 Å². The maximum atomic E-state index is 13.4. The summed E-state index contributed by atoms with van der Waals surface area (Å²) in [7, 11) is 0. The molecule has 198 valence electrons. The molecule has 9 nitrogen and oxygen atoms in total. The molecular formula is C29H32N4O5. The Morgan fingerprint density at radius 2 is 1.63 bits per heavy atom. The molecule has 1 heterocycles. The summed E-state index contributed by atoms with van der Waals surface area (Å²) >= 11 is 0. The van der Waals surface area contributed by atoms with Gasteiger partial charge >= 0.3 is 5.97 Å². The van der Waals surface area contributed by atoms with Crippen molar-refractivity contribution in [1.82, 2.24) is 15.6 Å². The van der Waals surface area contributed by atoms with E-state index in [1.165, 1.54) is 12.2 Å². The van der Waals surface area contributed by atoms with E-state index in [9.17, 15) is 19.2 Å². The van der Waals surface area contributed by atoms with Crippen molar-refractivity contribution in [2.45, 2.75) is 38.3 Å². The number of nitrogens with two attached hydrogens (primary N) is 1. The fraction of sp³-hybridized carbons (Fsp3) is 0.241. The van der Waals surface area contributed by atoms with Crippen molar-refractivity contribution in [2.75, 3.05) is 6.61 Å². The summed E-state index contributed by atoms with van der Waals surface area (Å²) < 4.78 is 4.89. The van der Waals surface area contributed by atoms with Gasteiger partial charge in [0.05, 0.1) is 6.61 Å². The molecule has 0 bridgehead atoms. The molecule has 3 amide bonds. The van der Waals surface area contributed by atoms with Crippen LogP contribution in [0.15, 0.2) is 84.9 Å². The van der Waals surface area contributed by atoms with E-state index in [-0.39, 0.29) is 25.9 Å². The first-order valence-electron chi connectivity index (χ1n) is 12.4. The van der Waals surface area contributed by atoms with Crippen molar-refractivity contribution in [3.05, 3.63) is 96.2 Å². The number of primary amides is 1. The zero-order valence-electron chi connectivity index (χ0n) is 21.2. The molecule has 0 radical (unpaired) electrons. The van der Waals surface area contributed by atoms with Crippen LogP contribution in [-0.4, -0.2) is 47.4 Å². The number of hydrogen-bond acceptors (Lipinski definition) is 5. The van der Waals surface area contributed by atoms with Crippen LogP contribution in [0.5, 0.6) is 0 Å². The van der Waals surface area contributed by atoms with Crippen molar-refractivity contribution in [3.63, 3.8) is 0 Å². The first kappa shape index (κ1) is 27.9. The van der Waals surface area contributed by atoms with Crippen LogP contribution in [0.4, 0.5) is 0 Å². The minimum atomic E-state index is -0.930. The second-order valence-corrected chi connectivity index (χ2v) is 8.60. The Labute approximate surface area is 221 Å². The molecule has 0 aliphatic rings. The van der Waals surface area contributed by atoms with Gasteiger partial charge in [-0.25, -0.2) is 4.79 Å². The van der Waals surface area contributed by atoms with Crippen LogP contribution in [0, 0.1) is 0 Å². The van der Waals surface area contributed by atoms with Crippen LogP contribution >= 0.6 is 0 Å². The van der Waals surface area contributed by atoms with E-state index in [1.807, 2.05) is 60.7 Å². The van der Waals surface area contributed by atoms with E-state index in [0.717, 1.165) is 16.8 Å². The summed E-state index contributed by atoms with van der Waals surface area (Å²) in [5.74, 6) is -2.02. The molecule has 3 rings (SSSR count). The number of aromatic nitrogens is 1. The lowest BCUT2D eigenvalue weighted by atomic mass is 10.0. The second kappa shape index (κ2) is 14.2. The minimum Gasteiger partial charge on any atom is -0.463 e. The number of rotatable bonds is 13. The van der Waals surface area contributed by atoms with E-state index in [2.05, 4.69) is 15.6 Å². The third-order valence-corrected chi connectivity index (χ3v) is 5.70. The molecule has 0 saturated carbocycles. The SMILES string of the molecule is CCOC(=O)/C=C/C(CCC(N)=O)NC(=O)C(Cc1ccccc1)NC(=O)c1ccc(-c2ccccc2)[nH]1. The summed E-state index contributed by atoms with van der Waals surface area (Å²) in [6.07, 6.45) is 3.06. The van der Waals surface area contributed by atoms with Gasteiger partial charge in [0, 0.05) is 30.7 Å². The Morgan fingerprint density at radius 1 is 0.947 bits per heavy atom. The van der Waals surface area contributed by atoms with Crippen LogP contribution in [-0.2, 0) is 25.5 Å². The number of hydrogen-bond donors (Lipinski definition) is 4. The van der Waals surface area contributed by atoms with E-state index in [4.69, 9.17) is 10.5 Å². The van der Waals surface area contributed by atoms with Crippen LogP contribution in [0.3, 0.4) is 0 Å². The number of nitrogens with one attached hydrogen (secondary N) is 3. The lowest BCUT2D eigenvalue weighted by Gasteiger charge is -2.22. The summed E-state index contributed by atoms with van der Waals surface area (Å²) in [5, 5.41) is 5.62. The molecule has 0 aliphatic carbocycles. The van der Waals surface area contributed by atoms with Gasteiger partial charge in [0.25, 0.3) is 5.91 Å². The Kier molecular flexibility index (Phi) is 10.4. The van der Waals surface area contributed by atoms with E-state index >= 15 is 0 Å². The highest BCUT2D eigenvalue weighted by Gasteiger charge is 2.24. The normalized spacial score (nSPS) is 12.4. The molecule has 2 unspecified atom stereocenters. The Hall–Kier alpha value is -4.66. The Bertz CT molecular complexity index is 1250. The number of H-pyrrole nitrogens is 1.